The summed E-state index contributed by atoms with van der Waals surface area (Å²) in [5.74, 6) is 1.01. The van der Waals surface area contributed by atoms with E-state index in [9.17, 15) is 9.18 Å². The summed E-state index contributed by atoms with van der Waals surface area (Å²) in [6.45, 7) is 0.448. The Balaban J connectivity index is 1.32. The molecule has 0 bridgehead atoms. The van der Waals surface area contributed by atoms with Gasteiger partial charge in [-0.25, -0.2) is 4.39 Å². The summed E-state index contributed by atoms with van der Waals surface area (Å²) in [7, 11) is 0. The van der Waals surface area contributed by atoms with E-state index in [2.05, 4.69) is 10.3 Å². The molecule has 0 aliphatic rings. The molecule has 4 aromatic rings. The Hall–Kier alpha value is -4.13. The van der Waals surface area contributed by atoms with Crippen LogP contribution in [-0.4, -0.2) is 10.9 Å². The fourth-order valence-corrected chi connectivity index (χ4v) is 2.76. The minimum atomic E-state index is -0.394. The van der Waals surface area contributed by atoms with Gasteiger partial charge in [0.1, 0.15) is 36.3 Å². The molecule has 2 aromatic carbocycles. The van der Waals surface area contributed by atoms with Crippen LogP contribution in [0.1, 0.15) is 22.0 Å². The molecular formula is C24H19FN2O4. The molecule has 0 aliphatic heterocycles. The number of aromatic nitrogens is 1. The van der Waals surface area contributed by atoms with E-state index in [1.54, 1.807) is 42.6 Å². The zero-order valence-corrected chi connectivity index (χ0v) is 16.5. The fraction of sp³-hybridized carbons (Fsp3) is 0.0833. The minimum absolute atomic E-state index is 0.121. The van der Waals surface area contributed by atoms with Gasteiger partial charge in [0, 0.05) is 18.0 Å². The molecule has 4 rings (SSSR count). The lowest BCUT2D eigenvalue weighted by molar-refractivity contribution is 0.0992. The van der Waals surface area contributed by atoms with Crippen LogP contribution in [0, 0.1) is 5.82 Å². The van der Waals surface area contributed by atoms with Crippen molar-refractivity contribution >= 4 is 11.6 Å². The van der Waals surface area contributed by atoms with E-state index in [1.165, 1.54) is 24.3 Å². The second kappa shape index (κ2) is 9.58. The van der Waals surface area contributed by atoms with Gasteiger partial charge in [0.05, 0.1) is 5.69 Å². The van der Waals surface area contributed by atoms with Crippen LogP contribution in [0.25, 0.3) is 0 Å². The third kappa shape index (κ3) is 5.70. The number of carbonyl (C=O) groups excluding carboxylic acids is 1. The molecule has 0 radical (unpaired) electrons. The van der Waals surface area contributed by atoms with Crippen molar-refractivity contribution in [1.29, 1.82) is 0 Å². The number of amides is 1. The summed E-state index contributed by atoms with van der Waals surface area (Å²) in [6, 6.07) is 21.6. The molecule has 31 heavy (non-hydrogen) atoms. The first-order valence-corrected chi connectivity index (χ1v) is 9.57. The van der Waals surface area contributed by atoms with E-state index in [0.29, 0.717) is 29.6 Å². The van der Waals surface area contributed by atoms with Crippen molar-refractivity contribution in [3.63, 3.8) is 0 Å². The van der Waals surface area contributed by atoms with Crippen molar-refractivity contribution in [1.82, 2.24) is 4.98 Å². The molecule has 2 aromatic heterocycles. The lowest BCUT2D eigenvalue weighted by atomic mass is 10.3. The molecule has 0 saturated heterocycles. The van der Waals surface area contributed by atoms with Gasteiger partial charge in [0.15, 0.2) is 5.76 Å². The molecule has 1 N–H and O–H groups in total. The number of rotatable bonds is 8. The molecule has 0 aliphatic carbocycles. The summed E-state index contributed by atoms with van der Waals surface area (Å²) >= 11 is 0. The van der Waals surface area contributed by atoms with Crippen LogP contribution >= 0.6 is 0 Å². The Labute approximate surface area is 178 Å². The first-order valence-electron chi connectivity index (χ1n) is 9.57. The van der Waals surface area contributed by atoms with E-state index >= 15 is 0 Å². The molecule has 0 atom stereocenters. The van der Waals surface area contributed by atoms with E-state index in [4.69, 9.17) is 13.9 Å². The maximum absolute atomic E-state index is 12.9. The molecule has 0 saturated carbocycles. The third-order valence-corrected chi connectivity index (χ3v) is 4.28. The van der Waals surface area contributed by atoms with Crippen LogP contribution in [0.5, 0.6) is 11.5 Å². The van der Waals surface area contributed by atoms with Crippen molar-refractivity contribution < 1.29 is 23.1 Å². The Morgan fingerprint density at radius 1 is 0.903 bits per heavy atom. The Bertz CT molecular complexity index is 1140. The van der Waals surface area contributed by atoms with Gasteiger partial charge in [-0.05, 0) is 60.7 Å². The third-order valence-electron chi connectivity index (χ3n) is 4.28. The van der Waals surface area contributed by atoms with Crippen LogP contribution in [0.3, 0.4) is 0 Å². The number of nitrogens with zero attached hydrogens (tertiary/aromatic N) is 1. The number of hydrogen-bond donors (Lipinski definition) is 1. The standard InChI is InChI=1S/C24H19FN2O4/c25-17-7-9-20(10-8-17)30-16-22-11-12-23(31-22)24(28)27-18-5-3-6-21(14-18)29-15-19-4-1-2-13-26-19/h1-14H,15-16H2,(H,27,28). The zero-order chi connectivity index (χ0) is 21.5. The second-order valence-corrected chi connectivity index (χ2v) is 6.60. The van der Waals surface area contributed by atoms with Gasteiger partial charge in [-0.15, -0.1) is 0 Å². The lowest BCUT2D eigenvalue weighted by Gasteiger charge is -2.08. The van der Waals surface area contributed by atoms with Gasteiger partial charge in [0.2, 0.25) is 0 Å². The zero-order valence-electron chi connectivity index (χ0n) is 16.5. The van der Waals surface area contributed by atoms with Crippen molar-refractivity contribution in [3.8, 4) is 11.5 Å². The molecule has 1 amide bonds. The summed E-state index contributed by atoms with van der Waals surface area (Å²) in [5.41, 5.74) is 1.38. The van der Waals surface area contributed by atoms with Gasteiger partial charge in [0.25, 0.3) is 5.91 Å². The van der Waals surface area contributed by atoms with Crippen molar-refractivity contribution in [2.45, 2.75) is 13.2 Å². The van der Waals surface area contributed by atoms with Crippen molar-refractivity contribution in [2.75, 3.05) is 5.32 Å². The second-order valence-electron chi connectivity index (χ2n) is 6.60. The van der Waals surface area contributed by atoms with Crippen LogP contribution in [-0.2, 0) is 13.2 Å². The number of carbonyl (C=O) groups is 1. The van der Waals surface area contributed by atoms with E-state index < -0.39 is 5.91 Å². The highest BCUT2D eigenvalue weighted by Crippen LogP contribution is 2.20. The Morgan fingerprint density at radius 2 is 1.74 bits per heavy atom. The van der Waals surface area contributed by atoms with Gasteiger partial charge in [-0.2, -0.15) is 0 Å². The van der Waals surface area contributed by atoms with E-state index in [1.807, 2.05) is 18.2 Å². The number of nitrogens with one attached hydrogen (secondary N) is 1. The number of halogens is 1. The van der Waals surface area contributed by atoms with Crippen LogP contribution in [0.15, 0.2) is 89.5 Å². The SMILES string of the molecule is O=C(Nc1cccc(OCc2ccccn2)c1)c1ccc(COc2ccc(F)cc2)o1. The van der Waals surface area contributed by atoms with Gasteiger partial charge < -0.3 is 19.2 Å². The number of ether oxygens (including phenoxy) is 2. The average molecular weight is 418 g/mol. The highest BCUT2D eigenvalue weighted by Gasteiger charge is 2.12. The summed E-state index contributed by atoms with van der Waals surface area (Å²) in [6.07, 6.45) is 1.71. The first kappa shape index (κ1) is 20.2. The number of furan rings is 1. The Morgan fingerprint density at radius 3 is 2.55 bits per heavy atom. The van der Waals surface area contributed by atoms with Gasteiger partial charge in [-0.1, -0.05) is 12.1 Å². The van der Waals surface area contributed by atoms with Gasteiger partial charge >= 0.3 is 0 Å². The van der Waals surface area contributed by atoms with Crippen molar-refractivity contribution in [3.05, 3.63) is 108 Å². The van der Waals surface area contributed by atoms with Crippen LogP contribution in [0.2, 0.25) is 0 Å². The predicted octanol–water partition coefficient (Wildman–Crippen LogP) is 5.22. The highest BCUT2D eigenvalue weighted by atomic mass is 19.1. The topological polar surface area (TPSA) is 73.6 Å². The summed E-state index contributed by atoms with van der Waals surface area (Å²) in [4.78, 5) is 16.7. The summed E-state index contributed by atoms with van der Waals surface area (Å²) < 4.78 is 29.7. The molecular weight excluding hydrogens is 399 g/mol. The number of pyridine rings is 1. The van der Waals surface area contributed by atoms with E-state index in [-0.39, 0.29) is 18.2 Å². The number of hydrogen-bond acceptors (Lipinski definition) is 5. The monoisotopic (exact) mass is 418 g/mol. The largest absolute Gasteiger partial charge is 0.487 e. The first-order chi connectivity index (χ1) is 15.2. The molecule has 0 fully saturated rings. The van der Waals surface area contributed by atoms with Crippen LogP contribution in [0.4, 0.5) is 10.1 Å². The number of benzene rings is 2. The molecule has 7 heteroatoms. The van der Waals surface area contributed by atoms with Gasteiger partial charge in [-0.3, -0.25) is 9.78 Å². The van der Waals surface area contributed by atoms with Crippen molar-refractivity contribution in [2.24, 2.45) is 0 Å². The average Bonchev–Trinajstić information content (AvgIpc) is 3.28. The predicted molar refractivity (Wildman–Crippen MR) is 112 cm³/mol. The fourth-order valence-electron chi connectivity index (χ4n) is 2.76. The quantitative estimate of drug-likeness (QED) is 0.424. The molecule has 156 valence electrons. The molecule has 6 nitrogen and oxygen atoms in total. The molecule has 0 unspecified atom stereocenters. The Kier molecular flexibility index (Phi) is 6.23. The smallest absolute Gasteiger partial charge is 0.291 e. The van der Waals surface area contributed by atoms with Crippen LogP contribution < -0.4 is 14.8 Å². The summed E-state index contributed by atoms with van der Waals surface area (Å²) in [5, 5.41) is 2.78. The highest BCUT2D eigenvalue weighted by molar-refractivity contribution is 6.02. The maximum atomic E-state index is 12.9. The molecule has 0 spiro atoms. The number of anilines is 1. The maximum Gasteiger partial charge on any atom is 0.291 e. The minimum Gasteiger partial charge on any atom is -0.487 e. The molecule has 2 heterocycles. The normalized spacial score (nSPS) is 10.5. The lowest BCUT2D eigenvalue weighted by Crippen LogP contribution is -2.11. The van der Waals surface area contributed by atoms with E-state index in [0.717, 1.165) is 5.69 Å².